The van der Waals surface area contributed by atoms with Gasteiger partial charge in [-0.25, -0.2) is 0 Å². The number of ether oxygens (including phenoxy) is 3. The Labute approximate surface area is 385 Å². The maximum absolute atomic E-state index is 12.7. The zero-order valence-corrected chi connectivity index (χ0v) is 39.8. The van der Waals surface area contributed by atoms with Crippen molar-refractivity contribution in [1.29, 1.82) is 0 Å². The van der Waals surface area contributed by atoms with Gasteiger partial charge in [0.1, 0.15) is 13.2 Å². The van der Waals surface area contributed by atoms with Gasteiger partial charge in [0.25, 0.3) is 0 Å². The van der Waals surface area contributed by atoms with Crippen LogP contribution in [-0.4, -0.2) is 37.2 Å². The highest BCUT2D eigenvalue weighted by molar-refractivity contribution is 5.71. The van der Waals surface area contributed by atoms with Crippen LogP contribution in [0.5, 0.6) is 0 Å². The van der Waals surface area contributed by atoms with Gasteiger partial charge in [0, 0.05) is 19.3 Å². The smallest absolute Gasteiger partial charge is 0.306 e. The van der Waals surface area contributed by atoms with E-state index in [9.17, 15) is 14.4 Å². The monoisotopic (exact) mass is 867 g/mol. The molecule has 0 rings (SSSR count). The van der Waals surface area contributed by atoms with Gasteiger partial charge in [-0.3, -0.25) is 14.4 Å². The number of carbonyl (C=O) groups excluding carboxylic acids is 3. The zero-order chi connectivity index (χ0) is 45.8. The molecule has 1 unspecified atom stereocenters. The van der Waals surface area contributed by atoms with Crippen molar-refractivity contribution in [2.24, 2.45) is 0 Å². The molecule has 0 amide bonds. The molecule has 0 radical (unpaired) electrons. The van der Waals surface area contributed by atoms with Crippen molar-refractivity contribution in [3.8, 4) is 0 Å². The van der Waals surface area contributed by atoms with Gasteiger partial charge in [-0.2, -0.15) is 0 Å². The molecule has 1 atom stereocenters. The first kappa shape index (κ1) is 58.3. The summed E-state index contributed by atoms with van der Waals surface area (Å²) in [5, 5.41) is 0. The second-order valence-electron chi connectivity index (χ2n) is 15.6. The summed E-state index contributed by atoms with van der Waals surface area (Å²) in [4.78, 5) is 37.9. The van der Waals surface area contributed by atoms with Crippen molar-refractivity contribution >= 4 is 17.9 Å². The van der Waals surface area contributed by atoms with Crippen LogP contribution < -0.4 is 0 Å². The molecule has 0 aromatic heterocycles. The van der Waals surface area contributed by atoms with Gasteiger partial charge >= 0.3 is 17.9 Å². The molecular weight excluding hydrogens is 781 g/mol. The van der Waals surface area contributed by atoms with Gasteiger partial charge in [-0.15, -0.1) is 0 Å². The van der Waals surface area contributed by atoms with Crippen LogP contribution in [0.4, 0.5) is 0 Å². The van der Waals surface area contributed by atoms with Gasteiger partial charge in [-0.1, -0.05) is 250 Å². The highest BCUT2D eigenvalue weighted by atomic mass is 16.6. The second kappa shape index (κ2) is 49.9. The minimum absolute atomic E-state index is 0.127. The van der Waals surface area contributed by atoms with Crippen molar-refractivity contribution in [3.63, 3.8) is 0 Å². The number of esters is 3. The summed E-state index contributed by atoms with van der Waals surface area (Å²) in [6, 6.07) is 0. The quantitative estimate of drug-likeness (QED) is 0.0264. The first-order valence-corrected chi connectivity index (χ1v) is 24.5. The Balaban J connectivity index is 4.61. The normalized spacial score (nSPS) is 13.4. The number of carbonyl (C=O) groups is 3. The average Bonchev–Trinajstić information content (AvgIpc) is 3.28. The van der Waals surface area contributed by atoms with Crippen molar-refractivity contribution in [2.75, 3.05) is 13.2 Å². The second-order valence-corrected chi connectivity index (χ2v) is 15.6. The number of hydrogen-bond donors (Lipinski definition) is 0. The van der Waals surface area contributed by atoms with E-state index in [4.69, 9.17) is 14.2 Å². The van der Waals surface area contributed by atoms with Gasteiger partial charge in [0.05, 0.1) is 0 Å². The molecule has 0 saturated heterocycles. The van der Waals surface area contributed by atoms with E-state index in [1.807, 2.05) is 128 Å². The topological polar surface area (TPSA) is 78.9 Å². The van der Waals surface area contributed by atoms with E-state index in [0.717, 1.165) is 57.8 Å². The van der Waals surface area contributed by atoms with E-state index < -0.39 is 12.1 Å². The Kier molecular flexibility index (Phi) is 46.2. The number of unbranched alkanes of at least 4 members (excludes halogenated alkanes) is 16. The van der Waals surface area contributed by atoms with Gasteiger partial charge in [0.2, 0.25) is 0 Å². The first-order valence-electron chi connectivity index (χ1n) is 24.5. The van der Waals surface area contributed by atoms with Crippen molar-refractivity contribution in [2.45, 2.75) is 181 Å². The van der Waals surface area contributed by atoms with Crippen LogP contribution in [0, 0.1) is 0 Å². The van der Waals surface area contributed by atoms with E-state index in [0.29, 0.717) is 19.3 Å². The first-order chi connectivity index (χ1) is 31.0. The van der Waals surface area contributed by atoms with Crippen LogP contribution in [0.1, 0.15) is 175 Å². The Hall–Kier alpha value is -4.71. The highest BCUT2D eigenvalue weighted by Crippen LogP contribution is 2.14. The van der Waals surface area contributed by atoms with E-state index in [2.05, 4.69) is 39.0 Å². The molecule has 0 saturated carbocycles. The van der Waals surface area contributed by atoms with Gasteiger partial charge < -0.3 is 14.2 Å². The molecule has 0 aliphatic carbocycles. The van der Waals surface area contributed by atoms with Crippen molar-refractivity contribution in [3.05, 3.63) is 146 Å². The minimum atomic E-state index is -0.838. The van der Waals surface area contributed by atoms with Crippen LogP contribution in [0.3, 0.4) is 0 Å². The van der Waals surface area contributed by atoms with E-state index >= 15 is 0 Å². The molecular formula is C57H86O6. The summed E-state index contributed by atoms with van der Waals surface area (Å²) >= 11 is 0. The lowest BCUT2D eigenvalue weighted by Crippen LogP contribution is -2.30. The Morgan fingerprint density at radius 3 is 1.02 bits per heavy atom. The summed E-state index contributed by atoms with van der Waals surface area (Å²) < 4.78 is 16.6. The molecule has 0 spiro atoms. The fourth-order valence-electron chi connectivity index (χ4n) is 6.04. The lowest BCUT2D eigenvalue weighted by molar-refractivity contribution is -0.167. The SMILES string of the molecule is CC\C=C/C=C\C=C/C=C\C=C/CCCC(=O)OC(COC(=O)CCCCC\C=C/C=C\C=C\C=C/C=C\C=C/C=C\CC)COC(=O)CCCCCCCCCCCCCCC. The van der Waals surface area contributed by atoms with Crippen LogP contribution in [0.25, 0.3) is 0 Å². The summed E-state index contributed by atoms with van der Waals surface area (Å²) in [5.74, 6) is -1.06. The third-order valence-electron chi connectivity index (χ3n) is 9.66. The van der Waals surface area contributed by atoms with E-state index in [-0.39, 0.29) is 38.0 Å². The van der Waals surface area contributed by atoms with Crippen LogP contribution in [0.15, 0.2) is 146 Å². The molecule has 350 valence electrons. The summed E-state index contributed by atoms with van der Waals surface area (Å²) in [5.41, 5.74) is 0. The fourth-order valence-corrected chi connectivity index (χ4v) is 6.04. The fraction of sp³-hybridized carbons (Fsp3) is 0.526. The number of allylic oxidation sites excluding steroid dienone is 24. The molecule has 0 aromatic carbocycles. The summed E-state index contributed by atoms with van der Waals surface area (Å²) in [6.07, 6.45) is 71.2. The highest BCUT2D eigenvalue weighted by Gasteiger charge is 2.19. The van der Waals surface area contributed by atoms with Crippen molar-refractivity contribution in [1.82, 2.24) is 0 Å². The molecule has 63 heavy (non-hydrogen) atoms. The van der Waals surface area contributed by atoms with Crippen LogP contribution in [-0.2, 0) is 28.6 Å². The van der Waals surface area contributed by atoms with Crippen LogP contribution >= 0.6 is 0 Å². The average molecular weight is 867 g/mol. The molecule has 0 fully saturated rings. The molecule has 0 aliphatic heterocycles. The molecule has 0 N–H and O–H groups in total. The third kappa shape index (κ3) is 48.2. The van der Waals surface area contributed by atoms with Crippen LogP contribution in [0.2, 0.25) is 0 Å². The van der Waals surface area contributed by atoms with E-state index in [1.165, 1.54) is 64.2 Å². The largest absolute Gasteiger partial charge is 0.462 e. The predicted octanol–water partition coefficient (Wildman–Crippen LogP) is 16.1. The predicted molar refractivity (Wildman–Crippen MR) is 269 cm³/mol. The molecule has 0 aromatic rings. The number of rotatable bonds is 41. The molecule has 6 heteroatoms. The Morgan fingerprint density at radius 2 is 0.635 bits per heavy atom. The van der Waals surface area contributed by atoms with E-state index in [1.54, 1.807) is 0 Å². The summed E-state index contributed by atoms with van der Waals surface area (Å²) in [6.45, 7) is 6.21. The molecule has 6 nitrogen and oxygen atoms in total. The standard InChI is InChI=1S/C57H86O6/c1-4-7-10-13-16-19-22-25-26-27-28-29-30-33-35-38-41-44-47-50-56(59)62-53-54(63-57(60)51-48-45-42-39-36-32-24-21-18-15-12-9-6-3)52-61-55(58)49-46-43-40-37-34-31-23-20-17-14-11-8-5-2/h7,9-10,12-13,15-16,18-19,21-22,24-30,32-33,35-36,39,42,54H,4-6,8,11,14,17,20,23,31,34,37-38,40-41,43-53H2,1-3H3/b10-7-,12-9-,16-13-,18-15-,22-19-,24-21-,26-25-,28-27+,30-29-,35-33-,36-32-,42-39-. The third-order valence-corrected chi connectivity index (χ3v) is 9.66. The van der Waals surface area contributed by atoms with Gasteiger partial charge in [0.15, 0.2) is 6.10 Å². The minimum Gasteiger partial charge on any atom is -0.462 e. The molecule has 0 heterocycles. The summed E-state index contributed by atoms with van der Waals surface area (Å²) in [7, 11) is 0. The Morgan fingerprint density at radius 1 is 0.333 bits per heavy atom. The number of hydrogen-bond acceptors (Lipinski definition) is 6. The zero-order valence-electron chi connectivity index (χ0n) is 39.8. The van der Waals surface area contributed by atoms with Crippen molar-refractivity contribution < 1.29 is 28.6 Å². The maximum Gasteiger partial charge on any atom is 0.306 e. The molecule has 0 bridgehead atoms. The Bertz CT molecular complexity index is 1460. The van der Waals surface area contributed by atoms with Gasteiger partial charge in [-0.05, 0) is 51.4 Å². The maximum atomic E-state index is 12.7. The lowest BCUT2D eigenvalue weighted by Gasteiger charge is -2.18. The molecule has 0 aliphatic rings. The lowest BCUT2D eigenvalue weighted by atomic mass is 10.0.